The van der Waals surface area contributed by atoms with E-state index in [2.05, 4.69) is 86.6 Å². The van der Waals surface area contributed by atoms with Gasteiger partial charge in [-0.05, 0) is 60.7 Å². The highest BCUT2D eigenvalue weighted by Gasteiger charge is 2.54. The first kappa shape index (κ1) is 29.5. The summed E-state index contributed by atoms with van der Waals surface area (Å²) >= 11 is 0. The average Bonchev–Trinajstić information content (AvgIpc) is 3.68. The van der Waals surface area contributed by atoms with Crippen LogP contribution in [0.25, 0.3) is 0 Å². The molecule has 9 nitrogen and oxygen atoms in total. The van der Waals surface area contributed by atoms with Crippen LogP contribution in [0.4, 0.5) is 0 Å². The van der Waals surface area contributed by atoms with Crippen molar-refractivity contribution < 1.29 is 9.90 Å². The molecular weight excluding hydrogens is 514 g/mol. The molecule has 0 saturated carbocycles. The standard InChI is InChI=1S/C32H47N7O2/c1-5-27-32(10-16-37(17-11-32)23-31(2,3)4)18-26(30(40)41)39(27)20-25-8-6-24(7-9-25)19-38(21-28-33-12-13-34-28)22-29-35-14-15-36-29/h6-9,12-15,26-27H,5,10-11,16-23H2,1-4H3,(H,33,34)(H,35,36)(H,40,41)/t26-,27?/m1/s1. The molecule has 0 aliphatic carbocycles. The van der Waals surface area contributed by atoms with Crippen LogP contribution in [-0.4, -0.2) is 77.4 Å². The van der Waals surface area contributed by atoms with Crippen molar-refractivity contribution in [2.75, 3.05) is 19.6 Å². The van der Waals surface area contributed by atoms with Crippen LogP contribution in [0, 0.1) is 10.8 Å². The third-order valence-electron chi connectivity index (χ3n) is 8.98. The molecule has 1 spiro atoms. The minimum atomic E-state index is -0.680. The zero-order chi connectivity index (χ0) is 29.0. The van der Waals surface area contributed by atoms with Gasteiger partial charge in [0, 0.05) is 50.5 Å². The number of aromatic nitrogens is 4. The Balaban J connectivity index is 1.26. The lowest BCUT2D eigenvalue weighted by Crippen LogP contribution is -2.48. The van der Waals surface area contributed by atoms with Crippen molar-refractivity contribution in [2.45, 2.75) is 91.6 Å². The maximum atomic E-state index is 12.5. The number of carboxylic acids is 1. The second-order valence-electron chi connectivity index (χ2n) is 13.4. The zero-order valence-corrected chi connectivity index (χ0v) is 25.1. The van der Waals surface area contributed by atoms with Crippen LogP contribution in [0.1, 0.15) is 76.2 Å². The lowest BCUT2D eigenvalue weighted by Gasteiger charge is -2.45. The van der Waals surface area contributed by atoms with Crippen LogP contribution in [-0.2, 0) is 31.0 Å². The van der Waals surface area contributed by atoms with Crippen LogP contribution in [0.3, 0.4) is 0 Å². The highest BCUT2D eigenvalue weighted by atomic mass is 16.4. The Morgan fingerprint density at radius 1 is 1.00 bits per heavy atom. The van der Waals surface area contributed by atoms with Crippen molar-refractivity contribution in [1.29, 1.82) is 0 Å². The molecule has 2 aliphatic rings. The molecule has 0 bridgehead atoms. The quantitative estimate of drug-likeness (QED) is 0.306. The molecule has 1 unspecified atom stereocenters. The first-order valence-corrected chi connectivity index (χ1v) is 15.1. The van der Waals surface area contributed by atoms with Gasteiger partial charge in [0.25, 0.3) is 0 Å². The monoisotopic (exact) mass is 561 g/mol. The van der Waals surface area contributed by atoms with E-state index in [1.54, 1.807) is 12.4 Å². The van der Waals surface area contributed by atoms with Crippen LogP contribution in [0.15, 0.2) is 49.1 Å². The lowest BCUT2D eigenvalue weighted by atomic mass is 9.70. The van der Waals surface area contributed by atoms with Gasteiger partial charge >= 0.3 is 5.97 Å². The number of nitrogens with zero attached hydrogens (tertiary/aromatic N) is 5. The van der Waals surface area contributed by atoms with Gasteiger partial charge in [-0.3, -0.25) is 14.6 Å². The number of piperidine rings is 1. The molecule has 0 radical (unpaired) electrons. The maximum absolute atomic E-state index is 12.5. The number of imidazole rings is 2. The SMILES string of the molecule is CCC1N(Cc2ccc(CN(Cc3ncc[nH]3)Cc3ncc[nH]3)cc2)[C@@H](C(=O)O)CC12CCN(CC(C)(C)C)CC2. The molecule has 0 amide bonds. The molecule has 2 aromatic heterocycles. The Labute approximate surface area is 244 Å². The number of hydrogen-bond acceptors (Lipinski definition) is 6. The number of H-pyrrole nitrogens is 2. The first-order valence-electron chi connectivity index (χ1n) is 15.1. The van der Waals surface area contributed by atoms with Gasteiger partial charge in [0.2, 0.25) is 0 Å². The van der Waals surface area contributed by atoms with Gasteiger partial charge in [-0.2, -0.15) is 0 Å². The van der Waals surface area contributed by atoms with Crippen molar-refractivity contribution in [2.24, 2.45) is 10.8 Å². The zero-order valence-electron chi connectivity index (χ0n) is 25.1. The third-order valence-corrected chi connectivity index (χ3v) is 8.98. The minimum Gasteiger partial charge on any atom is -0.480 e. The molecule has 4 heterocycles. The van der Waals surface area contributed by atoms with E-state index in [4.69, 9.17) is 0 Å². The predicted molar refractivity (Wildman–Crippen MR) is 160 cm³/mol. The Kier molecular flexibility index (Phi) is 8.97. The molecule has 222 valence electrons. The number of hydrogen-bond donors (Lipinski definition) is 3. The largest absolute Gasteiger partial charge is 0.480 e. The summed E-state index contributed by atoms with van der Waals surface area (Å²) in [6, 6.07) is 8.58. The van der Waals surface area contributed by atoms with Gasteiger partial charge in [0.05, 0.1) is 13.1 Å². The van der Waals surface area contributed by atoms with Gasteiger partial charge < -0.3 is 20.0 Å². The normalized spacial score (nSPS) is 21.7. The number of carbonyl (C=O) groups is 1. The number of aliphatic carboxylic acids is 1. The first-order chi connectivity index (χ1) is 19.6. The van der Waals surface area contributed by atoms with E-state index >= 15 is 0 Å². The molecule has 2 saturated heterocycles. The van der Waals surface area contributed by atoms with Crippen molar-refractivity contribution >= 4 is 5.97 Å². The molecule has 2 atom stereocenters. The number of rotatable bonds is 11. The van der Waals surface area contributed by atoms with Crippen molar-refractivity contribution in [1.82, 2.24) is 34.6 Å². The molecule has 3 aromatic rings. The number of benzene rings is 1. The second kappa shape index (κ2) is 12.5. The smallest absolute Gasteiger partial charge is 0.320 e. The average molecular weight is 562 g/mol. The second-order valence-corrected chi connectivity index (χ2v) is 13.4. The fraction of sp³-hybridized carbons (Fsp3) is 0.594. The highest BCUT2D eigenvalue weighted by molar-refractivity contribution is 5.74. The van der Waals surface area contributed by atoms with E-state index in [0.29, 0.717) is 19.6 Å². The molecule has 41 heavy (non-hydrogen) atoms. The summed E-state index contributed by atoms with van der Waals surface area (Å²) in [6.45, 7) is 15.2. The topological polar surface area (TPSA) is 104 Å². The Morgan fingerprint density at radius 2 is 1.59 bits per heavy atom. The molecule has 9 heteroatoms. The Hall–Kier alpha value is -3.01. The van der Waals surface area contributed by atoms with Crippen LogP contribution in [0.5, 0.6) is 0 Å². The van der Waals surface area contributed by atoms with Crippen molar-refractivity contribution in [3.05, 3.63) is 71.8 Å². The summed E-state index contributed by atoms with van der Waals surface area (Å²) < 4.78 is 0. The van der Waals surface area contributed by atoms with E-state index in [9.17, 15) is 9.90 Å². The van der Waals surface area contributed by atoms with Gasteiger partial charge in [-0.1, -0.05) is 52.0 Å². The summed E-state index contributed by atoms with van der Waals surface area (Å²) in [6.07, 6.45) is 11.2. The lowest BCUT2D eigenvalue weighted by molar-refractivity contribution is -0.142. The molecule has 3 N–H and O–H groups in total. The molecule has 5 rings (SSSR count). The van der Waals surface area contributed by atoms with Gasteiger partial charge in [0.1, 0.15) is 17.7 Å². The predicted octanol–water partition coefficient (Wildman–Crippen LogP) is 4.90. The molecule has 2 fully saturated rings. The summed E-state index contributed by atoms with van der Waals surface area (Å²) in [5.41, 5.74) is 2.74. The Bertz CT molecular complexity index is 1190. The number of aromatic amines is 2. The van der Waals surface area contributed by atoms with Crippen molar-refractivity contribution in [3.8, 4) is 0 Å². The van der Waals surface area contributed by atoms with E-state index in [1.807, 2.05) is 12.4 Å². The van der Waals surface area contributed by atoms with E-state index in [-0.39, 0.29) is 16.9 Å². The van der Waals surface area contributed by atoms with Gasteiger partial charge in [-0.25, -0.2) is 9.97 Å². The maximum Gasteiger partial charge on any atom is 0.320 e. The fourth-order valence-electron chi connectivity index (χ4n) is 7.27. The molecule has 2 aliphatic heterocycles. The van der Waals surface area contributed by atoms with E-state index in [1.165, 1.54) is 11.1 Å². The van der Waals surface area contributed by atoms with Gasteiger partial charge in [0.15, 0.2) is 0 Å². The van der Waals surface area contributed by atoms with Crippen molar-refractivity contribution in [3.63, 3.8) is 0 Å². The van der Waals surface area contributed by atoms with Crippen LogP contribution in [0.2, 0.25) is 0 Å². The summed E-state index contributed by atoms with van der Waals surface area (Å²) in [5.74, 6) is 1.16. The van der Waals surface area contributed by atoms with Crippen LogP contribution >= 0.6 is 0 Å². The van der Waals surface area contributed by atoms with Gasteiger partial charge in [-0.15, -0.1) is 0 Å². The summed E-state index contributed by atoms with van der Waals surface area (Å²) in [7, 11) is 0. The summed E-state index contributed by atoms with van der Waals surface area (Å²) in [4.78, 5) is 34.9. The number of likely N-dealkylation sites (tertiary alicyclic amines) is 2. The van der Waals surface area contributed by atoms with E-state index < -0.39 is 12.0 Å². The number of carboxylic acid groups (broad SMARTS) is 1. The Morgan fingerprint density at radius 3 is 2.07 bits per heavy atom. The van der Waals surface area contributed by atoms with E-state index in [0.717, 1.165) is 63.5 Å². The number of nitrogens with one attached hydrogen (secondary N) is 2. The fourth-order valence-corrected chi connectivity index (χ4v) is 7.27. The summed E-state index contributed by atoms with van der Waals surface area (Å²) in [5, 5.41) is 10.3. The molecule has 1 aromatic carbocycles. The third kappa shape index (κ3) is 7.26. The molecular formula is C32H47N7O2. The van der Waals surface area contributed by atoms with Crippen LogP contribution < -0.4 is 0 Å². The minimum absolute atomic E-state index is 0.0876. The highest BCUT2D eigenvalue weighted by Crippen LogP contribution is 2.50.